The number of hydrogen-bond donors (Lipinski definition) is 2. The van der Waals surface area contributed by atoms with Crippen LogP contribution in [-0.2, 0) is 6.61 Å². The molecule has 0 aliphatic rings. The lowest BCUT2D eigenvalue weighted by molar-refractivity contribution is -0.387. The Balaban J connectivity index is 2.03. The quantitative estimate of drug-likeness (QED) is 0.380. The van der Waals surface area contributed by atoms with Crippen LogP contribution in [0.2, 0.25) is 0 Å². The Morgan fingerprint density at radius 3 is 2.81 bits per heavy atom. The first kappa shape index (κ1) is 14.9. The van der Waals surface area contributed by atoms with Crippen molar-refractivity contribution < 1.29 is 18.8 Å². The smallest absolute Gasteiger partial charge is 0.305 e. The first-order chi connectivity index (χ1) is 10.0. The molecular weight excluding hydrogens is 301 g/mol. The zero-order valence-electron chi connectivity index (χ0n) is 10.5. The van der Waals surface area contributed by atoms with Gasteiger partial charge in [-0.05, 0) is 18.2 Å². The van der Waals surface area contributed by atoms with Crippen molar-refractivity contribution in [1.29, 1.82) is 0 Å². The first-order valence-electron chi connectivity index (χ1n) is 5.67. The van der Waals surface area contributed by atoms with Crippen LogP contribution < -0.4 is 16.0 Å². The van der Waals surface area contributed by atoms with E-state index in [-0.39, 0.29) is 12.4 Å². The number of nitro benzene ring substituents is 1. The molecule has 110 valence electrons. The summed E-state index contributed by atoms with van der Waals surface area (Å²) in [6.07, 6.45) is 0. The molecule has 1 aromatic carbocycles. The van der Waals surface area contributed by atoms with E-state index in [1.165, 1.54) is 17.4 Å². The molecule has 0 unspecified atom stereocenters. The summed E-state index contributed by atoms with van der Waals surface area (Å²) in [4.78, 5) is 22.1. The monoisotopic (exact) mass is 311 g/mol. The van der Waals surface area contributed by atoms with Crippen LogP contribution in [0.5, 0.6) is 5.75 Å². The van der Waals surface area contributed by atoms with Crippen molar-refractivity contribution in [3.05, 3.63) is 56.0 Å². The molecule has 1 aromatic heterocycles. The maximum absolute atomic E-state index is 13.4. The third-order valence-electron chi connectivity index (χ3n) is 2.51. The molecule has 1 amide bonds. The number of hydrazine groups is 1. The molecule has 0 radical (unpaired) electrons. The predicted molar refractivity (Wildman–Crippen MR) is 73.4 cm³/mol. The van der Waals surface area contributed by atoms with E-state index in [1.807, 2.05) is 5.43 Å². The van der Waals surface area contributed by atoms with Gasteiger partial charge in [0.1, 0.15) is 12.4 Å². The maximum Gasteiger partial charge on any atom is 0.305 e. The Bertz CT molecular complexity index is 689. The largest absolute Gasteiger partial charge is 0.488 e. The molecule has 0 atom stereocenters. The minimum absolute atomic E-state index is 0.111. The lowest BCUT2D eigenvalue weighted by Gasteiger charge is -2.04. The predicted octanol–water partition coefficient (Wildman–Crippen LogP) is 1.98. The zero-order chi connectivity index (χ0) is 15.4. The fourth-order valence-electron chi connectivity index (χ4n) is 1.53. The van der Waals surface area contributed by atoms with Gasteiger partial charge < -0.3 is 4.74 Å². The van der Waals surface area contributed by atoms with E-state index in [9.17, 15) is 19.3 Å². The molecule has 0 aliphatic heterocycles. The molecule has 2 rings (SSSR count). The van der Waals surface area contributed by atoms with Gasteiger partial charge in [-0.1, -0.05) is 0 Å². The minimum atomic E-state index is -0.966. The Morgan fingerprint density at radius 1 is 1.43 bits per heavy atom. The summed E-state index contributed by atoms with van der Waals surface area (Å²) in [6, 6.07) is 6.55. The standard InChI is InChI=1S/C12H10FN3O4S/c13-9-5-7(1-3-10(9)16(18)19)20-6-8-2-4-11(21-8)12(17)15-14/h1-5H,6,14H2,(H,15,17). The van der Waals surface area contributed by atoms with Gasteiger partial charge in [0.05, 0.1) is 9.80 Å². The number of amides is 1. The highest BCUT2D eigenvalue weighted by atomic mass is 32.1. The molecule has 7 nitrogen and oxygen atoms in total. The number of ether oxygens (including phenoxy) is 1. The summed E-state index contributed by atoms with van der Waals surface area (Å²) < 4.78 is 18.7. The van der Waals surface area contributed by atoms with E-state index in [0.717, 1.165) is 17.0 Å². The van der Waals surface area contributed by atoms with Crippen LogP contribution >= 0.6 is 11.3 Å². The van der Waals surface area contributed by atoms with E-state index < -0.39 is 22.3 Å². The highest BCUT2D eigenvalue weighted by molar-refractivity contribution is 7.14. The van der Waals surface area contributed by atoms with E-state index in [4.69, 9.17) is 10.6 Å². The number of halogens is 1. The Kier molecular flexibility index (Phi) is 4.45. The molecule has 2 aromatic rings. The van der Waals surface area contributed by atoms with Crippen molar-refractivity contribution >= 4 is 22.9 Å². The number of carbonyl (C=O) groups excluding carboxylic acids is 1. The lowest BCUT2D eigenvalue weighted by atomic mass is 10.3. The number of nitrogens with zero attached hydrogens (tertiary/aromatic N) is 1. The number of benzene rings is 1. The highest BCUT2D eigenvalue weighted by Crippen LogP contribution is 2.24. The van der Waals surface area contributed by atoms with E-state index in [0.29, 0.717) is 4.88 Å². The van der Waals surface area contributed by atoms with Crippen LogP contribution in [0.3, 0.4) is 0 Å². The topological polar surface area (TPSA) is 107 Å². The minimum Gasteiger partial charge on any atom is -0.488 e. The van der Waals surface area contributed by atoms with Gasteiger partial charge >= 0.3 is 5.69 Å². The number of carbonyl (C=O) groups is 1. The number of hydrogen-bond acceptors (Lipinski definition) is 6. The second kappa shape index (κ2) is 6.29. The van der Waals surface area contributed by atoms with Crippen LogP contribution in [0.1, 0.15) is 14.5 Å². The SMILES string of the molecule is NNC(=O)c1ccc(COc2ccc([N+](=O)[O-])c(F)c2)s1. The fraction of sp³-hybridized carbons (Fsp3) is 0.0833. The average Bonchev–Trinajstić information content (AvgIpc) is 2.92. The van der Waals surface area contributed by atoms with Gasteiger partial charge in [0.25, 0.3) is 5.91 Å². The molecule has 0 saturated carbocycles. The third-order valence-corrected chi connectivity index (χ3v) is 3.57. The van der Waals surface area contributed by atoms with Gasteiger partial charge in [-0.3, -0.25) is 20.3 Å². The molecule has 21 heavy (non-hydrogen) atoms. The van der Waals surface area contributed by atoms with Crippen LogP contribution in [-0.4, -0.2) is 10.8 Å². The first-order valence-corrected chi connectivity index (χ1v) is 6.49. The van der Waals surface area contributed by atoms with Crippen LogP contribution in [0.15, 0.2) is 30.3 Å². The van der Waals surface area contributed by atoms with Crippen molar-refractivity contribution in [2.75, 3.05) is 0 Å². The summed E-state index contributed by atoms with van der Waals surface area (Å²) in [5, 5.41) is 10.5. The normalized spacial score (nSPS) is 10.2. The number of nitrogens with two attached hydrogens (primary N) is 1. The summed E-state index contributed by atoms with van der Waals surface area (Å²) in [6.45, 7) is 0.111. The number of nitrogens with one attached hydrogen (secondary N) is 1. The zero-order valence-corrected chi connectivity index (χ0v) is 11.4. The molecule has 0 fully saturated rings. The molecule has 3 N–H and O–H groups in total. The Hall–Kier alpha value is -2.52. The van der Waals surface area contributed by atoms with E-state index in [1.54, 1.807) is 12.1 Å². The highest BCUT2D eigenvalue weighted by Gasteiger charge is 2.14. The molecule has 1 heterocycles. The second-order valence-electron chi connectivity index (χ2n) is 3.90. The van der Waals surface area contributed by atoms with Crippen molar-refractivity contribution in [1.82, 2.24) is 5.43 Å². The number of rotatable bonds is 5. The van der Waals surface area contributed by atoms with Gasteiger partial charge in [0.2, 0.25) is 5.82 Å². The molecular formula is C12H10FN3O4S. The van der Waals surface area contributed by atoms with E-state index in [2.05, 4.69) is 0 Å². The van der Waals surface area contributed by atoms with Crippen molar-refractivity contribution in [2.24, 2.45) is 5.84 Å². The molecule has 9 heteroatoms. The van der Waals surface area contributed by atoms with Crippen LogP contribution in [0.25, 0.3) is 0 Å². The van der Waals surface area contributed by atoms with Gasteiger partial charge in [-0.15, -0.1) is 11.3 Å². The van der Waals surface area contributed by atoms with Crippen LogP contribution in [0.4, 0.5) is 10.1 Å². The summed E-state index contributed by atoms with van der Waals surface area (Å²) >= 11 is 1.18. The number of nitrogen functional groups attached to an aromatic ring is 1. The van der Waals surface area contributed by atoms with Crippen molar-refractivity contribution in [3.63, 3.8) is 0 Å². The third kappa shape index (κ3) is 3.52. The lowest BCUT2D eigenvalue weighted by Crippen LogP contribution is -2.29. The molecule has 0 bridgehead atoms. The number of nitro groups is 1. The van der Waals surface area contributed by atoms with Crippen molar-refractivity contribution in [3.8, 4) is 5.75 Å². The summed E-state index contributed by atoms with van der Waals surface area (Å²) in [7, 11) is 0. The summed E-state index contributed by atoms with van der Waals surface area (Å²) in [5.41, 5.74) is 1.40. The van der Waals surface area contributed by atoms with Gasteiger partial charge in [-0.2, -0.15) is 4.39 Å². The number of thiophene rings is 1. The molecule has 0 spiro atoms. The van der Waals surface area contributed by atoms with Crippen molar-refractivity contribution in [2.45, 2.75) is 6.61 Å². The van der Waals surface area contributed by atoms with Gasteiger partial charge in [0.15, 0.2) is 0 Å². The van der Waals surface area contributed by atoms with Crippen LogP contribution in [0, 0.1) is 15.9 Å². The average molecular weight is 311 g/mol. The second-order valence-corrected chi connectivity index (χ2v) is 5.07. The molecule has 0 saturated heterocycles. The van der Waals surface area contributed by atoms with Gasteiger partial charge in [-0.25, -0.2) is 5.84 Å². The Labute approximate surface area is 122 Å². The van der Waals surface area contributed by atoms with Gasteiger partial charge in [0, 0.05) is 17.0 Å². The molecule has 0 aliphatic carbocycles. The summed E-state index contributed by atoms with van der Waals surface area (Å²) in [5.74, 6) is 3.80. The van der Waals surface area contributed by atoms with E-state index >= 15 is 0 Å². The Morgan fingerprint density at radius 2 is 2.19 bits per heavy atom. The fourth-order valence-corrected chi connectivity index (χ4v) is 2.35. The maximum atomic E-state index is 13.4.